The number of carbonyl (C=O) groups excluding carboxylic acids is 1. The van der Waals surface area contributed by atoms with E-state index in [9.17, 15) is 4.79 Å². The molecule has 0 radical (unpaired) electrons. The molecule has 5 nitrogen and oxygen atoms in total. The molecule has 0 unspecified atom stereocenters. The zero-order valence-electron chi connectivity index (χ0n) is 15.9. The van der Waals surface area contributed by atoms with Crippen LogP contribution in [0, 0.1) is 0 Å². The smallest absolute Gasteiger partial charge is 0.247 e. The molecule has 142 valence electrons. The highest BCUT2D eigenvalue weighted by molar-refractivity contribution is 5.92. The number of nitrogens with zero attached hydrogens (tertiary/aromatic N) is 3. The molecule has 0 bridgehead atoms. The minimum atomic E-state index is 0.0331. The Hall–Kier alpha value is -3.34. The highest BCUT2D eigenvalue weighted by Crippen LogP contribution is 2.29. The van der Waals surface area contributed by atoms with Gasteiger partial charge < -0.3 is 9.64 Å². The summed E-state index contributed by atoms with van der Waals surface area (Å²) in [6, 6.07) is 18.1. The first-order valence-electron chi connectivity index (χ1n) is 9.44. The molecule has 1 amide bonds. The van der Waals surface area contributed by atoms with Gasteiger partial charge in [0.05, 0.1) is 19.0 Å². The third kappa shape index (κ3) is 4.31. The van der Waals surface area contributed by atoms with E-state index in [1.54, 1.807) is 24.1 Å². The van der Waals surface area contributed by atoms with Crippen molar-refractivity contribution < 1.29 is 9.53 Å². The molecule has 3 aromatic rings. The van der Waals surface area contributed by atoms with Crippen molar-refractivity contribution in [1.82, 2.24) is 14.7 Å². The van der Waals surface area contributed by atoms with Crippen LogP contribution < -0.4 is 4.74 Å². The van der Waals surface area contributed by atoms with Gasteiger partial charge in [-0.2, -0.15) is 5.10 Å². The molecule has 0 saturated heterocycles. The first-order valence-corrected chi connectivity index (χ1v) is 9.44. The largest absolute Gasteiger partial charge is 0.497 e. The van der Waals surface area contributed by atoms with Gasteiger partial charge in [0.25, 0.3) is 0 Å². The van der Waals surface area contributed by atoms with Gasteiger partial charge in [-0.15, -0.1) is 0 Å². The maximum atomic E-state index is 12.8. The van der Waals surface area contributed by atoms with Crippen LogP contribution in [0.15, 0.2) is 73.1 Å². The number of hydrogen-bond acceptors (Lipinski definition) is 3. The maximum absolute atomic E-state index is 12.8. The van der Waals surface area contributed by atoms with Gasteiger partial charge in [-0.25, -0.2) is 4.68 Å². The van der Waals surface area contributed by atoms with E-state index in [1.807, 2.05) is 71.8 Å². The first-order chi connectivity index (χ1) is 13.7. The van der Waals surface area contributed by atoms with Crippen LogP contribution in [-0.2, 0) is 11.3 Å². The molecule has 0 atom stereocenters. The summed E-state index contributed by atoms with van der Waals surface area (Å²) in [5, 5.41) is 4.37. The maximum Gasteiger partial charge on any atom is 0.247 e. The first kappa shape index (κ1) is 18.0. The van der Waals surface area contributed by atoms with Gasteiger partial charge >= 0.3 is 0 Å². The molecule has 28 heavy (non-hydrogen) atoms. The van der Waals surface area contributed by atoms with Crippen molar-refractivity contribution in [2.75, 3.05) is 7.11 Å². The van der Waals surface area contributed by atoms with Gasteiger partial charge in [0.1, 0.15) is 5.75 Å². The number of hydrogen-bond donors (Lipinski definition) is 0. The minimum Gasteiger partial charge on any atom is -0.497 e. The minimum absolute atomic E-state index is 0.0331. The second-order valence-electron chi connectivity index (χ2n) is 6.93. The Morgan fingerprint density at radius 2 is 1.93 bits per heavy atom. The zero-order valence-corrected chi connectivity index (χ0v) is 15.9. The molecular formula is C23H23N3O2. The monoisotopic (exact) mass is 373 g/mol. The average molecular weight is 373 g/mol. The molecule has 0 spiro atoms. The van der Waals surface area contributed by atoms with Crippen molar-refractivity contribution in [3.8, 4) is 11.4 Å². The lowest BCUT2D eigenvalue weighted by atomic mass is 10.2. The second-order valence-corrected chi connectivity index (χ2v) is 6.93. The second kappa shape index (κ2) is 8.13. The highest BCUT2D eigenvalue weighted by Gasteiger charge is 2.31. The Kier molecular flexibility index (Phi) is 5.24. The summed E-state index contributed by atoms with van der Waals surface area (Å²) in [7, 11) is 1.65. The Labute approximate surface area is 164 Å². The molecule has 1 saturated carbocycles. The number of benzene rings is 2. The van der Waals surface area contributed by atoms with Crippen molar-refractivity contribution in [1.29, 1.82) is 0 Å². The fourth-order valence-corrected chi connectivity index (χ4v) is 3.11. The zero-order chi connectivity index (χ0) is 19.3. The van der Waals surface area contributed by atoms with E-state index in [0.717, 1.165) is 35.4 Å². The number of aromatic nitrogens is 2. The number of rotatable bonds is 7. The molecular weight excluding hydrogens is 350 g/mol. The summed E-state index contributed by atoms with van der Waals surface area (Å²) in [5.41, 5.74) is 3.00. The summed E-state index contributed by atoms with van der Waals surface area (Å²) in [6.45, 7) is 0.612. The van der Waals surface area contributed by atoms with E-state index in [4.69, 9.17) is 4.74 Å². The Balaban J connectivity index is 1.44. The predicted octanol–water partition coefficient (Wildman–Crippen LogP) is 4.09. The fourth-order valence-electron chi connectivity index (χ4n) is 3.11. The number of amides is 1. The van der Waals surface area contributed by atoms with Gasteiger partial charge in [-0.3, -0.25) is 4.79 Å². The van der Waals surface area contributed by atoms with E-state index in [-0.39, 0.29) is 5.91 Å². The van der Waals surface area contributed by atoms with Crippen LogP contribution in [-0.4, -0.2) is 33.7 Å². The molecule has 2 aromatic carbocycles. The van der Waals surface area contributed by atoms with Gasteiger partial charge in [0.15, 0.2) is 0 Å². The lowest BCUT2D eigenvalue weighted by Crippen LogP contribution is -2.31. The van der Waals surface area contributed by atoms with Crippen molar-refractivity contribution in [3.05, 3.63) is 84.2 Å². The Bertz CT molecular complexity index is 957. The van der Waals surface area contributed by atoms with Crippen LogP contribution >= 0.6 is 0 Å². The number of carbonyl (C=O) groups is 1. The fraction of sp³-hybridized carbons (Fsp3) is 0.217. The summed E-state index contributed by atoms with van der Waals surface area (Å²) in [6.07, 6.45) is 9.31. The van der Waals surface area contributed by atoms with Crippen molar-refractivity contribution in [3.63, 3.8) is 0 Å². The normalized spacial score (nSPS) is 13.6. The average Bonchev–Trinajstić information content (AvgIpc) is 3.48. The van der Waals surface area contributed by atoms with E-state index in [0.29, 0.717) is 12.6 Å². The number of para-hydroxylation sites is 1. The van der Waals surface area contributed by atoms with Crippen LogP contribution in [0.1, 0.15) is 24.0 Å². The molecule has 1 heterocycles. The SMILES string of the molecule is COc1ccc(CN(C(=O)/C=C/c2cnn(-c3ccccc3)c2)C2CC2)cc1. The van der Waals surface area contributed by atoms with Crippen LogP contribution in [0.5, 0.6) is 5.75 Å². The number of ether oxygens (including phenoxy) is 1. The van der Waals surface area contributed by atoms with Crippen LogP contribution in [0.2, 0.25) is 0 Å². The molecule has 0 aliphatic heterocycles. The van der Waals surface area contributed by atoms with Crippen LogP contribution in [0.3, 0.4) is 0 Å². The standard InChI is InChI=1S/C23H23N3O2/c1-28-22-12-7-18(8-13-22)16-25(20-10-11-20)23(27)14-9-19-15-24-26(17-19)21-5-3-2-4-6-21/h2-9,12-15,17,20H,10-11,16H2,1H3/b14-9+. The van der Waals surface area contributed by atoms with E-state index >= 15 is 0 Å². The number of methoxy groups -OCH3 is 1. The molecule has 5 heteroatoms. The highest BCUT2D eigenvalue weighted by atomic mass is 16.5. The van der Waals surface area contributed by atoms with E-state index in [1.165, 1.54) is 0 Å². The summed E-state index contributed by atoms with van der Waals surface area (Å²) in [5.74, 6) is 0.856. The topological polar surface area (TPSA) is 47.4 Å². The third-order valence-corrected chi connectivity index (χ3v) is 4.82. The van der Waals surface area contributed by atoms with Crippen molar-refractivity contribution in [2.45, 2.75) is 25.4 Å². The van der Waals surface area contributed by atoms with Crippen molar-refractivity contribution >= 4 is 12.0 Å². The van der Waals surface area contributed by atoms with Gasteiger partial charge in [0, 0.05) is 30.4 Å². The summed E-state index contributed by atoms with van der Waals surface area (Å²) >= 11 is 0. The molecule has 1 fully saturated rings. The van der Waals surface area contributed by atoms with Crippen LogP contribution in [0.4, 0.5) is 0 Å². The van der Waals surface area contributed by atoms with Crippen LogP contribution in [0.25, 0.3) is 11.8 Å². The van der Waals surface area contributed by atoms with Crippen molar-refractivity contribution in [2.24, 2.45) is 0 Å². The van der Waals surface area contributed by atoms with E-state index in [2.05, 4.69) is 5.10 Å². The third-order valence-electron chi connectivity index (χ3n) is 4.82. The molecule has 1 aromatic heterocycles. The molecule has 1 aliphatic rings. The quantitative estimate of drug-likeness (QED) is 0.586. The van der Waals surface area contributed by atoms with Gasteiger partial charge in [-0.1, -0.05) is 30.3 Å². The molecule has 1 aliphatic carbocycles. The summed E-state index contributed by atoms with van der Waals surface area (Å²) < 4.78 is 7.01. The van der Waals surface area contributed by atoms with Gasteiger partial charge in [-0.05, 0) is 48.7 Å². The summed E-state index contributed by atoms with van der Waals surface area (Å²) in [4.78, 5) is 14.7. The Morgan fingerprint density at radius 3 is 2.61 bits per heavy atom. The molecule has 0 N–H and O–H groups in total. The van der Waals surface area contributed by atoms with Gasteiger partial charge in [0.2, 0.25) is 5.91 Å². The molecule has 4 rings (SSSR count). The van der Waals surface area contributed by atoms with E-state index < -0.39 is 0 Å². The lowest BCUT2D eigenvalue weighted by Gasteiger charge is -2.21. The Morgan fingerprint density at radius 1 is 1.18 bits per heavy atom. The lowest BCUT2D eigenvalue weighted by molar-refractivity contribution is -0.127. The predicted molar refractivity (Wildman–Crippen MR) is 109 cm³/mol.